The fraction of sp³-hybridized carbons (Fsp3) is 0.533. The number of hydrogen-bond donors (Lipinski definition) is 1. The molecule has 110 valence electrons. The molecule has 0 saturated heterocycles. The van der Waals surface area contributed by atoms with Gasteiger partial charge in [-0.1, -0.05) is 26.0 Å². The van der Waals surface area contributed by atoms with E-state index in [4.69, 9.17) is 9.47 Å². The minimum atomic E-state index is -0.786. The number of likely N-dealkylation sites (N-methyl/N-ethyl adjacent to an activating group) is 1. The molecule has 2 atom stereocenters. The second-order valence-corrected chi connectivity index (χ2v) is 4.85. The van der Waals surface area contributed by atoms with Crippen molar-refractivity contribution in [3.8, 4) is 11.5 Å². The van der Waals surface area contributed by atoms with E-state index in [0.717, 1.165) is 11.5 Å². The average Bonchev–Trinajstić information content (AvgIpc) is 2.46. The third kappa shape index (κ3) is 3.22. The van der Waals surface area contributed by atoms with Gasteiger partial charge in [0.05, 0.1) is 0 Å². The minimum absolute atomic E-state index is 0.141. The zero-order valence-electron chi connectivity index (χ0n) is 11.9. The zero-order chi connectivity index (χ0) is 14.5. The number of benzene rings is 1. The summed E-state index contributed by atoms with van der Waals surface area (Å²) in [5.74, 6) is 0.687. The molecule has 20 heavy (non-hydrogen) atoms. The Morgan fingerprint density at radius 2 is 2.10 bits per heavy atom. The first-order valence-electron chi connectivity index (χ1n) is 7.01. The van der Waals surface area contributed by atoms with Crippen molar-refractivity contribution < 1.29 is 19.4 Å². The first kappa shape index (κ1) is 14.7. The predicted octanol–water partition coefficient (Wildman–Crippen LogP) is 2.01. The van der Waals surface area contributed by atoms with Crippen LogP contribution in [-0.4, -0.2) is 47.8 Å². The highest BCUT2D eigenvalue weighted by atomic mass is 16.6. The summed E-state index contributed by atoms with van der Waals surface area (Å²) in [5, 5.41) is 9.25. The molecule has 0 aromatic heterocycles. The first-order valence-corrected chi connectivity index (χ1v) is 7.01. The Kier molecular flexibility index (Phi) is 4.84. The fourth-order valence-electron chi connectivity index (χ4n) is 2.48. The number of carboxylic acid groups (broad SMARTS) is 1. The van der Waals surface area contributed by atoms with Crippen molar-refractivity contribution in [2.45, 2.75) is 32.4 Å². The van der Waals surface area contributed by atoms with Gasteiger partial charge < -0.3 is 14.6 Å². The van der Waals surface area contributed by atoms with Crippen LogP contribution in [0.3, 0.4) is 0 Å². The molecule has 5 nitrogen and oxygen atoms in total. The van der Waals surface area contributed by atoms with E-state index in [1.807, 2.05) is 43.0 Å². The van der Waals surface area contributed by atoms with Crippen molar-refractivity contribution in [3.63, 3.8) is 0 Å². The van der Waals surface area contributed by atoms with Crippen LogP contribution in [0.1, 0.15) is 20.3 Å². The molecule has 1 aromatic rings. The Morgan fingerprint density at radius 1 is 1.40 bits per heavy atom. The maximum absolute atomic E-state index is 11.3. The van der Waals surface area contributed by atoms with Crippen molar-refractivity contribution in [1.29, 1.82) is 0 Å². The van der Waals surface area contributed by atoms with E-state index in [9.17, 15) is 9.90 Å². The van der Waals surface area contributed by atoms with Gasteiger partial charge >= 0.3 is 5.97 Å². The van der Waals surface area contributed by atoms with Gasteiger partial charge in [0.25, 0.3) is 0 Å². The molecule has 0 bridgehead atoms. The van der Waals surface area contributed by atoms with E-state index in [0.29, 0.717) is 26.1 Å². The molecule has 1 aromatic carbocycles. The molecular formula is C15H21NO4. The quantitative estimate of drug-likeness (QED) is 0.863. The second-order valence-electron chi connectivity index (χ2n) is 4.85. The Balaban J connectivity index is 2.01. The van der Waals surface area contributed by atoms with Gasteiger partial charge in [-0.15, -0.1) is 0 Å². The second kappa shape index (κ2) is 6.61. The first-order chi connectivity index (χ1) is 9.65. The summed E-state index contributed by atoms with van der Waals surface area (Å²) < 4.78 is 11.5. The monoisotopic (exact) mass is 279 g/mol. The molecule has 1 N–H and O–H groups in total. The Morgan fingerprint density at radius 3 is 2.70 bits per heavy atom. The van der Waals surface area contributed by atoms with Crippen molar-refractivity contribution >= 4 is 5.97 Å². The average molecular weight is 279 g/mol. The SMILES string of the molecule is CCC(C(=O)O)N(CC)CC1COc2ccccc2O1. The lowest BCUT2D eigenvalue weighted by molar-refractivity contribution is -0.144. The Bertz CT molecular complexity index is 463. The largest absolute Gasteiger partial charge is 0.486 e. The van der Waals surface area contributed by atoms with E-state index in [1.54, 1.807) is 0 Å². The summed E-state index contributed by atoms with van der Waals surface area (Å²) in [6.07, 6.45) is 0.436. The van der Waals surface area contributed by atoms with Gasteiger partial charge in [-0.25, -0.2) is 0 Å². The van der Waals surface area contributed by atoms with Gasteiger partial charge in [-0.2, -0.15) is 0 Å². The molecule has 1 heterocycles. The van der Waals surface area contributed by atoms with Gasteiger partial charge in [0.2, 0.25) is 0 Å². The van der Waals surface area contributed by atoms with E-state index in [2.05, 4.69) is 0 Å². The van der Waals surface area contributed by atoms with E-state index in [-0.39, 0.29) is 6.10 Å². The normalized spacial score (nSPS) is 18.9. The zero-order valence-corrected chi connectivity index (χ0v) is 11.9. The van der Waals surface area contributed by atoms with Gasteiger partial charge in [-0.05, 0) is 25.1 Å². The van der Waals surface area contributed by atoms with Crippen molar-refractivity contribution in [3.05, 3.63) is 24.3 Å². The van der Waals surface area contributed by atoms with Crippen LogP contribution in [0.15, 0.2) is 24.3 Å². The number of ether oxygens (including phenoxy) is 2. The molecular weight excluding hydrogens is 258 g/mol. The van der Waals surface area contributed by atoms with Crippen LogP contribution in [0.5, 0.6) is 11.5 Å². The fourth-order valence-corrected chi connectivity index (χ4v) is 2.48. The summed E-state index contributed by atoms with van der Waals surface area (Å²) in [6.45, 7) is 5.52. The molecule has 1 aliphatic heterocycles. The number of hydrogen-bond acceptors (Lipinski definition) is 4. The predicted molar refractivity (Wildman–Crippen MR) is 75.3 cm³/mol. The van der Waals surface area contributed by atoms with Gasteiger partial charge in [0, 0.05) is 6.54 Å². The van der Waals surface area contributed by atoms with E-state index < -0.39 is 12.0 Å². The minimum Gasteiger partial charge on any atom is -0.486 e. The summed E-state index contributed by atoms with van der Waals surface area (Å²) >= 11 is 0. The highest BCUT2D eigenvalue weighted by molar-refractivity contribution is 5.73. The molecule has 5 heteroatoms. The van der Waals surface area contributed by atoms with Gasteiger partial charge in [0.1, 0.15) is 18.8 Å². The maximum Gasteiger partial charge on any atom is 0.320 e. The number of carboxylic acids is 1. The topological polar surface area (TPSA) is 59.0 Å². The van der Waals surface area contributed by atoms with Crippen molar-refractivity contribution in [2.24, 2.45) is 0 Å². The van der Waals surface area contributed by atoms with Crippen LogP contribution in [-0.2, 0) is 4.79 Å². The lowest BCUT2D eigenvalue weighted by Gasteiger charge is -2.33. The molecule has 0 amide bonds. The lowest BCUT2D eigenvalue weighted by Crippen LogP contribution is -2.48. The molecule has 2 unspecified atom stereocenters. The van der Waals surface area contributed by atoms with Crippen molar-refractivity contribution in [2.75, 3.05) is 19.7 Å². The number of carbonyl (C=O) groups is 1. The van der Waals surface area contributed by atoms with Crippen LogP contribution in [0.2, 0.25) is 0 Å². The number of aliphatic carboxylic acids is 1. The third-order valence-corrected chi connectivity index (χ3v) is 3.52. The Hall–Kier alpha value is -1.75. The van der Waals surface area contributed by atoms with Crippen molar-refractivity contribution in [1.82, 2.24) is 4.90 Å². The summed E-state index contributed by atoms with van der Waals surface area (Å²) in [5.41, 5.74) is 0. The molecule has 0 fully saturated rings. The smallest absolute Gasteiger partial charge is 0.320 e. The highest BCUT2D eigenvalue weighted by Gasteiger charge is 2.28. The molecule has 0 saturated carbocycles. The number of nitrogens with zero attached hydrogens (tertiary/aromatic N) is 1. The van der Waals surface area contributed by atoms with Crippen LogP contribution in [0.4, 0.5) is 0 Å². The van der Waals surface area contributed by atoms with Crippen LogP contribution < -0.4 is 9.47 Å². The molecule has 0 aliphatic carbocycles. The number of rotatable bonds is 6. The molecule has 1 aliphatic rings. The lowest BCUT2D eigenvalue weighted by atomic mass is 10.1. The molecule has 0 spiro atoms. The number of fused-ring (bicyclic) bond motifs is 1. The van der Waals surface area contributed by atoms with Crippen LogP contribution in [0.25, 0.3) is 0 Å². The molecule has 0 radical (unpaired) electrons. The van der Waals surface area contributed by atoms with Crippen LogP contribution >= 0.6 is 0 Å². The van der Waals surface area contributed by atoms with E-state index in [1.165, 1.54) is 0 Å². The third-order valence-electron chi connectivity index (χ3n) is 3.52. The molecule has 2 rings (SSSR count). The van der Waals surface area contributed by atoms with Crippen LogP contribution in [0, 0.1) is 0 Å². The standard InChI is InChI=1S/C15H21NO4/c1-3-12(15(17)18)16(4-2)9-11-10-19-13-7-5-6-8-14(13)20-11/h5-8,11-12H,3-4,9-10H2,1-2H3,(H,17,18). The maximum atomic E-state index is 11.3. The van der Waals surface area contributed by atoms with Gasteiger partial charge in [0.15, 0.2) is 11.5 Å². The Labute approximate surface area is 119 Å². The highest BCUT2D eigenvalue weighted by Crippen LogP contribution is 2.31. The summed E-state index contributed by atoms with van der Waals surface area (Å²) in [4.78, 5) is 13.2. The number of para-hydroxylation sites is 2. The van der Waals surface area contributed by atoms with E-state index >= 15 is 0 Å². The summed E-state index contributed by atoms with van der Waals surface area (Å²) in [7, 11) is 0. The summed E-state index contributed by atoms with van der Waals surface area (Å²) in [6, 6.07) is 7.06. The van der Waals surface area contributed by atoms with Gasteiger partial charge in [-0.3, -0.25) is 9.69 Å².